The van der Waals surface area contributed by atoms with Crippen LogP contribution in [0.5, 0.6) is 0 Å². The third-order valence-electron chi connectivity index (χ3n) is 3.62. The molecule has 2 aromatic rings. The number of pyridine rings is 1. The summed E-state index contributed by atoms with van der Waals surface area (Å²) in [5, 5.41) is 9.75. The minimum atomic E-state index is -0.998. The summed E-state index contributed by atoms with van der Waals surface area (Å²) in [5.74, 6) is -0.998. The molecule has 0 saturated carbocycles. The first-order valence-electron chi connectivity index (χ1n) is 6.20. The normalized spacial score (nSPS) is 14.8. The van der Waals surface area contributed by atoms with Crippen molar-refractivity contribution in [2.75, 3.05) is 0 Å². The smallest absolute Gasteiger partial charge is 0.305 e. The molecule has 5 heteroatoms. The lowest BCUT2D eigenvalue weighted by molar-refractivity contribution is -0.137. The van der Waals surface area contributed by atoms with E-state index in [-0.39, 0.29) is 12.0 Å². The first-order chi connectivity index (χ1) is 9.08. The van der Waals surface area contributed by atoms with Gasteiger partial charge in [-0.2, -0.15) is 0 Å². The molecule has 0 radical (unpaired) electrons. The molecule has 0 saturated heterocycles. The van der Waals surface area contributed by atoms with Gasteiger partial charge in [0.1, 0.15) is 0 Å². The molecule has 1 atom stereocenters. The summed E-state index contributed by atoms with van der Waals surface area (Å²) in [4.78, 5) is 23.1. The Morgan fingerprint density at radius 1 is 1.47 bits per heavy atom. The van der Waals surface area contributed by atoms with Crippen LogP contribution >= 0.6 is 0 Å². The molecule has 2 heterocycles. The van der Waals surface area contributed by atoms with Gasteiger partial charge in [0.25, 0.3) is 5.56 Å². The number of aliphatic carboxylic acids is 1. The van der Waals surface area contributed by atoms with Gasteiger partial charge < -0.3 is 15.4 Å². The van der Waals surface area contributed by atoms with Gasteiger partial charge in [-0.15, -0.1) is 0 Å². The van der Waals surface area contributed by atoms with Crippen LogP contribution < -0.4 is 11.3 Å². The fourth-order valence-corrected chi connectivity index (χ4v) is 2.75. The van der Waals surface area contributed by atoms with E-state index in [1.165, 1.54) is 0 Å². The van der Waals surface area contributed by atoms with E-state index in [4.69, 9.17) is 10.8 Å². The second-order valence-electron chi connectivity index (χ2n) is 4.87. The van der Waals surface area contributed by atoms with Crippen molar-refractivity contribution in [2.24, 2.45) is 5.73 Å². The third kappa shape index (κ3) is 1.82. The number of carboxylic acids is 1. The summed E-state index contributed by atoms with van der Waals surface area (Å²) >= 11 is 0. The quantitative estimate of drug-likeness (QED) is 0.861. The number of benzene rings is 1. The molecule has 0 amide bonds. The number of carbonyl (C=O) groups is 1. The zero-order valence-electron chi connectivity index (χ0n) is 10.3. The molecule has 1 aromatic heterocycles. The van der Waals surface area contributed by atoms with Crippen molar-refractivity contribution in [1.82, 2.24) is 4.57 Å². The molecule has 1 aromatic carbocycles. The molecular formula is C14H14N2O3. The highest BCUT2D eigenvalue weighted by molar-refractivity contribution is 5.84. The van der Waals surface area contributed by atoms with Gasteiger partial charge >= 0.3 is 5.97 Å². The van der Waals surface area contributed by atoms with Crippen LogP contribution in [0.15, 0.2) is 29.1 Å². The van der Waals surface area contributed by atoms with E-state index >= 15 is 0 Å². The van der Waals surface area contributed by atoms with Gasteiger partial charge in [0.15, 0.2) is 0 Å². The monoisotopic (exact) mass is 258 g/mol. The summed E-state index contributed by atoms with van der Waals surface area (Å²) in [6, 6.07) is 6.86. The van der Waals surface area contributed by atoms with Gasteiger partial charge in [-0.05, 0) is 23.4 Å². The molecule has 1 aliphatic heterocycles. The summed E-state index contributed by atoms with van der Waals surface area (Å²) in [5.41, 5.74) is 8.17. The molecule has 19 heavy (non-hydrogen) atoms. The second-order valence-corrected chi connectivity index (χ2v) is 4.87. The molecule has 3 rings (SSSR count). The van der Waals surface area contributed by atoms with E-state index in [2.05, 4.69) is 0 Å². The van der Waals surface area contributed by atoms with Crippen LogP contribution in [0.1, 0.15) is 23.6 Å². The molecule has 0 fully saturated rings. The Morgan fingerprint density at radius 3 is 3.00 bits per heavy atom. The van der Waals surface area contributed by atoms with Gasteiger partial charge in [0.2, 0.25) is 0 Å². The van der Waals surface area contributed by atoms with Crippen LogP contribution in [0.4, 0.5) is 0 Å². The maximum atomic E-state index is 12.4. The Bertz CT molecular complexity index is 733. The molecule has 1 aliphatic rings. The molecule has 0 spiro atoms. The van der Waals surface area contributed by atoms with Gasteiger partial charge in [0.05, 0.1) is 11.9 Å². The number of nitrogens with two attached hydrogens (primary N) is 1. The predicted octanol–water partition coefficient (Wildman–Crippen LogP) is 1.03. The number of hydrogen-bond donors (Lipinski definition) is 2. The Hall–Kier alpha value is -2.14. The van der Waals surface area contributed by atoms with Crippen LogP contribution in [0.25, 0.3) is 10.9 Å². The van der Waals surface area contributed by atoms with Gasteiger partial charge in [-0.25, -0.2) is 0 Å². The topological polar surface area (TPSA) is 85.3 Å². The molecule has 1 unspecified atom stereocenters. The Kier molecular flexibility index (Phi) is 2.64. The van der Waals surface area contributed by atoms with E-state index in [9.17, 15) is 9.59 Å². The standard InChI is InChI=1S/C14H14N2O3/c15-11(7-12(17)18)10-6-9-3-1-2-8-4-5-16(13(8)9)14(10)19/h1-3,6,11H,4-5,7,15H2,(H,17,18). The number of para-hydroxylation sites is 1. The van der Waals surface area contributed by atoms with E-state index in [0.717, 1.165) is 22.9 Å². The van der Waals surface area contributed by atoms with E-state index in [0.29, 0.717) is 12.1 Å². The van der Waals surface area contributed by atoms with Crippen LogP contribution in [0.2, 0.25) is 0 Å². The number of carboxylic acid groups (broad SMARTS) is 1. The van der Waals surface area contributed by atoms with Crippen molar-refractivity contribution in [3.05, 3.63) is 45.7 Å². The Balaban J connectivity index is 2.22. The number of rotatable bonds is 3. The minimum Gasteiger partial charge on any atom is -0.481 e. The average Bonchev–Trinajstić information content (AvgIpc) is 2.78. The zero-order chi connectivity index (χ0) is 13.6. The van der Waals surface area contributed by atoms with E-state index < -0.39 is 12.0 Å². The maximum absolute atomic E-state index is 12.4. The Morgan fingerprint density at radius 2 is 2.26 bits per heavy atom. The first kappa shape index (κ1) is 11.9. The molecule has 98 valence electrons. The van der Waals surface area contributed by atoms with Crippen LogP contribution in [-0.2, 0) is 17.8 Å². The minimum absolute atomic E-state index is 0.161. The summed E-state index contributed by atoms with van der Waals surface area (Å²) in [6.45, 7) is 0.641. The lowest BCUT2D eigenvalue weighted by Gasteiger charge is -2.12. The van der Waals surface area contributed by atoms with Crippen molar-refractivity contribution in [1.29, 1.82) is 0 Å². The third-order valence-corrected chi connectivity index (χ3v) is 3.62. The van der Waals surface area contributed by atoms with Crippen LogP contribution in [0, 0.1) is 0 Å². The highest BCUT2D eigenvalue weighted by atomic mass is 16.4. The lowest BCUT2D eigenvalue weighted by atomic mass is 10.0. The van der Waals surface area contributed by atoms with Crippen LogP contribution in [-0.4, -0.2) is 15.6 Å². The first-order valence-corrected chi connectivity index (χ1v) is 6.20. The van der Waals surface area contributed by atoms with Gasteiger partial charge in [-0.3, -0.25) is 9.59 Å². The van der Waals surface area contributed by atoms with Crippen molar-refractivity contribution in [2.45, 2.75) is 25.4 Å². The van der Waals surface area contributed by atoms with Crippen LogP contribution in [0.3, 0.4) is 0 Å². The molecular weight excluding hydrogens is 244 g/mol. The van der Waals surface area contributed by atoms with Crippen molar-refractivity contribution < 1.29 is 9.90 Å². The van der Waals surface area contributed by atoms with Crippen molar-refractivity contribution in [3.63, 3.8) is 0 Å². The van der Waals surface area contributed by atoms with E-state index in [1.54, 1.807) is 10.6 Å². The van der Waals surface area contributed by atoms with Gasteiger partial charge in [-0.1, -0.05) is 18.2 Å². The molecule has 0 bridgehead atoms. The fraction of sp³-hybridized carbons (Fsp3) is 0.286. The second kappa shape index (κ2) is 4.20. The lowest BCUT2D eigenvalue weighted by Crippen LogP contribution is -2.28. The number of hydrogen-bond acceptors (Lipinski definition) is 3. The average molecular weight is 258 g/mol. The fourth-order valence-electron chi connectivity index (χ4n) is 2.75. The molecule has 0 aliphatic carbocycles. The zero-order valence-corrected chi connectivity index (χ0v) is 10.3. The number of nitrogens with zero attached hydrogens (tertiary/aromatic N) is 1. The number of aromatic nitrogens is 1. The Labute approximate surface area is 109 Å². The summed E-state index contributed by atoms with van der Waals surface area (Å²) in [7, 11) is 0. The number of aryl methyl sites for hydroxylation is 2. The maximum Gasteiger partial charge on any atom is 0.305 e. The summed E-state index contributed by atoms with van der Waals surface area (Å²) < 4.78 is 1.71. The highest BCUT2D eigenvalue weighted by Gasteiger charge is 2.21. The van der Waals surface area contributed by atoms with Crippen molar-refractivity contribution in [3.8, 4) is 0 Å². The largest absolute Gasteiger partial charge is 0.481 e. The SMILES string of the molecule is NC(CC(=O)O)c1cc2cccc3c2n(c1=O)CC3. The molecule has 5 nitrogen and oxygen atoms in total. The molecule has 3 N–H and O–H groups in total. The van der Waals surface area contributed by atoms with Crippen molar-refractivity contribution >= 4 is 16.9 Å². The summed E-state index contributed by atoms with van der Waals surface area (Å²) in [6.07, 6.45) is 0.602. The van der Waals surface area contributed by atoms with Gasteiger partial charge in [0, 0.05) is 18.2 Å². The van der Waals surface area contributed by atoms with E-state index in [1.807, 2.05) is 18.2 Å². The predicted molar refractivity (Wildman–Crippen MR) is 71.1 cm³/mol. The highest BCUT2D eigenvalue weighted by Crippen LogP contribution is 2.25.